The van der Waals surface area contributed by atoms with Crippen molar-refractivity contribution >= 4 is 28.4 Å². The smallest absolute Gasteiger partial charge is 0.261 e. The van der Waals surface area contributed by atoms with Crippen LogP contribution in [0.3, 0.4) is 0 Å². The van der Waals surface area contributed by atoms with E-state index in [-0.39, 0.29) is 17.8 Å². The summed E-state index contributed by atoms with van der Waals surface area (Å²) < 4.78 is 14.5. The molecule has 0 spiro atoms. The Morgan fingerprint density at radius 2 is 1.89 bits per heavy atom. The number of carbonyl (C=O) groups is 2. The van der Waals surface area contributed by atoms with Gasteiger partial charge in [0.2, 0.25) is 5.91 Å². The lowest BCUT2D eigenvalue weighted by Crippen LogP contribution is -2.28. The standard InChI is InChI=1S/C19H17FN4O3/c1-2-21-18(26)12-3-6-14(7-4-12)23-17(25)10-24-11-22-16-8-5-13(20)9-15(16)19(24)27/h3-9,11H,2,10H2,1H3,(H,21,26)(H,23,25). The Kier molecular flexibility index (Phi) is 5.25. The van der Waals surface area contributed by atoms with E-state index in [1.807, 2.05) is 6.92 Å². The summed E-state index contributed by atoms with van der Waals surface area (Å²) in [4.78, 5) is 40.4. The van der Waals surface area contributed by atoms with Crippen LogP contribution < -0.4 is 16.2 Å². The van der Waals surface area contributed by atoms with Gasteiger partial charge >= 0.3 is 0 Å². The number of rotatable bonds is 5. The third-order valence-corrected chi connectivity index (χ3v) is 3.87. The number of benzene rings is 2. The van der Waals surface area contributed by atoms with Crippen LogP contribution in [0.25, 0.3) is 10.9 Å². The minimum absolute atomic E-state index is 0.108. The van der Waals surface area contributed by atoms with Crippen LogP contribution in [-0.2, 0) is 11.3 Å². The van der Waals surface area contributed by atoms with Gasteiger partial charge in [-0.05, 0) is 49.4 Å². The molecular weight excluding hydrogens is 351 g/mol. The molecule has 1 aromatic heterocycles. The number of amides is 2. The quantitative estimate of drug-likeness (QED) is 0.720. The average Bonchev–Trinajstić information content (AvgIpc) is 2.65. The fraction of sp³-hybridized carbons (Fsp3) is 0.158. The molecule has 3 rings (SSSR count). The van der Waals surface area contributed by atoms with E-state index in [1.165, 1.54) is 18.5 Å². The molecule has 2 N–H and O–H groups in total. The van der Waals surface area contributed by atoms with E-state index in [9.17, 15) is 18.8 Å². The van der Waals surface area contributed by atoms with Crippen LogP contribution in [0.15, 0.2) is 53.6 Å². The van der Waals surface area contributed by atoms with Gasteiger partial charge in [0.1, 0.15) is 12.4 Å². The SMILES string of the molecule is CCNC(=O)c1ccc(NC(=O)Cn2cnc3ccc(F)cc3c2=O)cc1. The summed E-state index contributed by atoms with van der Waals surface area (Å²) in [5.74, 6) is -1.19. The number of anilines is 1. The van der Waals surface area contributed by atoms with E-state index in [4.69, 9.17) is 0 Å². The molecule has 0 aliphatic heterocycles. The first kappa shape index (κ1) is 18.2. The predicted molar refractivity (Wildman–Crippen MR) is 99.0 cm³/mol. The number of hydrogen-bond donors (Lipinski definition) is 2. The van der Waals surface area contributed by atoms with Gasteiger partial charge in [-0.3, -0.25) is 19.0 Å². The molecule has 2 amide bonds. The van der Waals surface area contributed by atoms with E-state index < -0.39 is 17.3 Å². The molecule has 0 saturated heterocycles. The first-order chi connectivity index (χ1) is 13.0. The zero-order chi connectivity index (χ0) is 19.4. The highest BCUT2D eigenvalue weighted by Gasteiger charge is 2.10. The summed E-state index contributed by atoms with van der Waals surface area (Å²) in [5.41, 5.74) is 0.827. The maximum atomic E-state index is 13.4. The molecule has 27 heavy (non-hydrogen) atoms. The zero-order valence-electron chi connectivity index (χ0n) is 14.5. The largest absolute Gasteiger partial charge is 0.352 e. The highest BCUT2D eigenvalue weighted by Crippen LogP contribution is 2.11. The lowest BCUT2D eigenvalue weighted by molar-refractivity contribution is -0.116. The summed E-state index contributed by atoms with van der Waals surface area (Å²) in [5, 5.41) is 5.43. The molecule has 138 valence electrons. The topological polar surface area (TPSA) is 93.1 Å². The Morgan fingerprint density at radius 3 is 2.59 bits per heavy atom. The first-order valence-electron chi connectivity index (χ1n) is 8.30. The summed E-state index contributed by atoms with van der Waals surface area (Å²) in [7, 11) is 0. The van der Waals surface area contributed by atoms with Crippen molar-refractivity contribution in [2.75, 3.05) is 11.9 Å². The molecule has 0 bridgehead atoms. The van der Waals surface area contributed by atoms with E-state index in [0.717, 1.165) is 10.6 Å². The van der Waals surface area contributed by atoms with Crippen molar-refractivity contribution in [2.24, 2.45) is 0 Å². The number of aromatic nitrogens is 2. The van der Waals surface area contributed by atoms with E-state index >= 15 is 0 Å². The molecule has 8 heteroatoms. The van der Waals surface area contributed by atoms with Crippen molar-refractivity contribution in [2.45, 2.75) is 13.5 Å². The fourth-order valence-corrected chi connectivity index (χ4v) is 2.57. The Bertz CT molecular complexity index is 1060. The van der Waals surface area contributed by atoms with Crippen LogP contribution in [0.5, 0.6) is 0 Å². The molecule has 0 fully saturated rings. The maximum absolute atomic E-state index is 13.4. The summed E-state index contributed by atoms with van der Waals surface area (Å²) in [6.07, 6.45) is 1.25. The average molecular weight is 368 g/mol. The predicted octanol–water partition coefficient (Wildman–Crippen LogP) is 1.92. The van der Waals surface area contributed by atoms with Crippen LogP contribution in [0, 0.1) is 5.82 Å². The molecule has 0 radical (unpaired) electrons. The van der Waals surface area contributed by atoms with Gasteiger partial charge in [-0.1, -0.05) is 0 Å². The number of nitrogens with zero attached hydrogens (tertiary/aromatic N) is 2. The molecule has 0 aliphatic rings. The van der Waals surface area contributed by atoms with E-state index in [1.54, 1.807) is 24.3 Å². The van der Waals surface area contributed by atoms with Crippen molar-refractivity contribution in [1.82, 2.24) is 14.9 Å². The Morgan fingerprint density at radius 1 is 1.15 bits per heavy atom. The normalized spacial score (nSPS) is 10.6. The highest BCUT2D eigenvalue weighted by atomic mass is 19.1. The highest BCUT2D eigenvalue weighted by molar-refractivity contribution is 5.95. The van der Waals surface area contributed by atoms with Crippen LogP contribution in [-0.4, -0.2) is 27.9 Å². The van der Waals surface area contributed by atoms with Gasteiger partial charge in [-0.25, -0.2) is 9.37 Å². The minimum atomic E-state index is -0.546. The molecular formula is C19H17FN4O3. The van der Waals surface area contributed by atoms with Crippen LogP contribution in [0.4, 0.5) is 10.1 Å². The van der Waals surface area contributed by atoms with E-state index in [2.05, 4.69) is 15.6 Å². The van der Waals surface area contributed by atoms with Crippen molar-refractivity contribution in [3.8, 4) is 0 Å². The first-order valence-corrected chi connectivity index (χ1v) is 8.30. The number of halogens is 1. The Balaban J connectivity index is 1.72. The third-order valence-electron chi connectivity index (χ3n) is 3.87. The van der Waals surface area contributed by atoms with Gasteiger partial charge in [0.25, 0.3) is 11.5 Å². The lowest BCUT2D eigenvalue weighted by atomic mass is 10.2. The monoisotopic (exact) mass is 368 g/mol. The van der Waals surface area contributed by atoms with Crippen LogP contribution >= 0.6 is 0 Å². The zero-order valence-corrected chi connectivity index (χ0v) is 14.5. The van der Waals surface area contributed by atoms with Gasteiger partial charge in [0.05, 0.1) is 17.2 Å². The van der Waals surface area contributed by atoms with Gasteiger partial charge in [-0.2, -0.15) is 0 Å². The van der Waals surface area contributed by atoms with Gasteiger partial charge < -0.3 is 10.6 Å². The van der Waals surface area contributed by atoms with Gasteiger partial charge in [0, 0.05) is 17.8 Å². The second-order valence-corrected chi connectivity index (χ2v) is 5.82. The van der Waals surface area contributed by atoms with Crippen LogP contribution in [0.2, 0.25) is 0 Å². The molecule has 0 atom stereocenters. The summed E-state index contributed by atoms with van der Waals surface area (Å²) in [6.45, 7) is 2.08. The number of carbonyl (C=O) groups excluding carboxylic acids is 2. The summed E-state index contributed by atoms with van der Waals surface area (Å²) >= 11 is 0. The van der Waals surface area contributed by atoms with Crippen molar-refractivity contribution in [3.05, 3.63) is 70.5 Å². The van der Waals surface area contributed by atoms with Crippen molar-refractivity contribution in [1.29, 1.82) is 0 Å². The van der Waals surface area contributed by atoms with E-state index in [0.29, 0.717) is 23.3 Å². The fourth-order valence-electron chi connectivity index (χ4n) is 2.57. The molecule has 1 heterocycles. The Labute approximate surface area is 153 Å². The molecule has 7 nitrogen and oxygen atoms in total. The minimum Gasteiger partial charge on any atom is -0.352 e. The molecule has 0 aliphatic carbocycles. The molecule has 2 aromatic carbocycles. The third kappa shape index (κ3) is 4.17. The lowest BCUT2D eigenvalue weighted by Gasteiger charge is -2.09. The second kappa shape index (κ2) is 7.77. The summed E-state index contributed by atoms with van der Waals surface area (Å²) in [6, 6.07) is 10.1. The molecule has 3 aromatic rings. The number of hydrogen-bond acceptors (Lipinski definition) is 4. The maximum Gasteiger partial charge on any atom is 0.261 e. The number of fused-ring (bicyclic) bond motifs is 1. The number of nitrogens with one attached hydrogen (secondary N) is 2. The van der Waals surface area contributed by atoms with Crippen molar-refractivity contribution in [3.63, 3.8) is 0 Å². The second-order valence-electron chi connectivity index (χ2n) is 5.82. The molecule has 0 unspecified atom stereocenters. The van der Waals surface area contributed by atoms with Gasteiger partial charge in [-0.15, -0.1) is 0 Å². The molecule has 0 saturated carbocycles. The Hall–Kier alpha value is -3.55. The van der Waals surface area contributed by atoms with Crippen molar-refractivity contribution < 1.29 is 14.0 Å². The van der Waals surface area contributed by atoms with Gasteiger partial charge in [0.15, 0.2) is 0 Å². The van der Waals surface area contributed by atoms with Crippen LogP contribution in [0.1, 0.15) is 17.3 Å².